The monoisotopic (exact) mass is 560 g/mol. The molecule has 0 aromatic rings. The van der Waals surface area contributed by atoms with E-state index >= 15 is 0 Å². The summed E-state index contributed by atoms with van der Waals surface area (Å²) in [7, 11) is 0. The van der Waals surface area contributed by atoms with Crippen molar-refractivity contribution in [2.75, 3.05) is 6.61 Å². The molecule has 4 fully saturated rings. The number of aliphatic hydroxyl groups excluding tert-OH is 4. The van der Waals surface area contributed by atoms with Crippen LogP contribution in [0.5, 0.6) is 0 Å². The fraction of sp³-hybridized carbons (Fsp3) is 0.882. The lowest BCUT2D eigenvalue weighted by molar-refractivity contribution is -0.315. The molecule has 0 aromatic carbocycles. The second kappa shape index (κ2) is 11.7. The van der Waals surface area contributed by atoms with Gasteiger partial charge in [-0.15, -0.1) is 0 Å². The zero-order valence-electron chi connectivity index (χ0n) is 25.7. The van der Waals surface area contributed by atoms with Crippen molar-refractivity contribution in [2.24, 2.45) is 52.3 Å². The maximum absolute atomic E-state index is 10.5. The van der Waals surface area contributed by atoms with Gasteiger partial charge in [-0.1, -0.05) is 65.3 Å². The Morgan fingerprint density at radius 3 is 2.33 bits per heavy atom. The number of fused-ring (bicyclic) bond motifs is 5. The summed E-state index contributed by atoms with van der Waals surface area (Å²) in [6.45, 7) is 14.1. The van der Waals surface area contributed by atoms with Gasteiger partial charge in [0, 0.05) is 0 Å². The first-order valence-electron chi connectivity index (χ1n) is 16.2. The quantitative estimate of drug-likeness (QED) is 0.318. The number of hydrogen-bond donors (Lipinski definition) is 4. The van der Waals surface area contributed by atoms with Crippen molar-refractivity contribution in [1.82, 2.24) is 0 Å². The summed E-state index contributed by atoms with van der Waals surface area (Å²) in [5.74, 6) is 4.55. The maximum Gasteiger partial charge on any atom is 0.186 e. The Labute approximate surface area is 242 Å². The Kier molecular flexibility index (Phi) is 9.00. The van der Waals surface area contributed by atoms with Gasteiger partial charge < -0.3 is 29.9 Å². The number of allylic oxidation sites excluding steroid dienone is 4. The van der Waals surface area contributed by atoms with Gasteiger partial charge in [-0.2, -0.15) is 0 Å². The predicted molar refractivity (Wildman–Crippen MR) is 156 cm³/mol. The van der Waals surface area contributed by atoms with E-state index in [2.05, 4.69) is 59.8 Å². The SMILES string of the molecule is CC(C)[C@@H](C)/C=C/[C@@H](C)[C@H]1CC[C@H]2C3=CC[C@H]4C[C@@H](O[C@@H]5O[C@H](CO)[C@@H](O)[C@H](O)[C@H]5O)CC[C@]4(C)[C@H]3CC[C@]12C. The zero-order valence-corrected chi connectivity index (χ0v) is 25.7. The Balaban J connectivity index is 1.26. The van der Waals surface area contributed by atoms with Gasteiger partial charge in [-0.25, -0.2) is 0 Å². The third-order valence-electron chi connectivity index (χ3n) is 12.7. The van der Waals surface area contributed by atoms with Gasteiger partial charge in [-0.05, 0) is 104 Å². The third kappa shape index (κ3) is 5.28. The van der Waals surface area contributed by atoms with Gasteiger partial charge in [-0.3, -0.25) is 0 Å². The highest BCUT2D eigenvalue weighted by atomic mass is 16.7. The van der Waals surface area contributed by atoms with Crippen molar-refractivity contribution in [3.05, 3.63) is 23.8 Å². The van der Waals surface area contributed by atoms with E-state index in [1.54, 1.807) is 5.57 Å². The summed E-state index contributed by atoms with van der Waals surface area (Å²) < 4.78 is 11.9. The van der Waals surface area contributed by atoms with Crippen molar-refractivity contribution in [3.8, 4) is 0 Å². The Hall–Kier alpha value is -0.760. The lowest BCUT2D eigenvalue weighted by Gasteiger charge is -2.58. The van der Waals surface area contributed by atoms with E-state index in [1.807, 2.05) is 0 Å². The topological polar surface area (TPSA) is 99.4 Å². The summed E-state index contributed by atoms with van der Waals surface area (Å²) in [6.07, 6.45) is 10.7. The first-order valence-corrected chi connectivity index (χ1v) is 16.2. The molecule has 0 unspecified atom stereocenters. The second-order valence-corrected chi connectivity index (χ2v) is 15.1. The number of ether oxygens (including phenoxy) is 2. The van der Waals surface area contributed by atoms with Crippen LogP contribution in [-0.4, -0.2) is 63.8 Å². The average Bonchev–Trinajstić information content (AvgIpc) is 3.29. The Morgan fingerprint density at radius 2 is 1.62 bits per heavy atom. The summed E-state index contributed by atoms with van der Waals surface area (Å²) in [5.41, 5.74) is 2.41. The van der Waals surface area contributed by atoms with Gasteiger partial charge in [0.15, 0.2) is 6.29 Å². The molecule has 0 aromatic heterocycles. The Bertz CT molecular complexity index is 945. The highest BCUT2D eigenvalue weighted by Gasteiger charge is 2.58. The molecular weight excluding hydrogens is 504 g/mol. The molecule has 0 bridgehead atoms. The third-order valence-corrected chi connectivity index (χ3v) is 12.7. The number of hydrogen-bond acceptors (Lipinski definition) is 6. The van der Waals surface area contributed by atoms with Crippen molar-refractivity contribution >= 4 is 0 Å². The van der Waals surface area contributed by atoms with Crippen LogP contribution in [0, 0.1) is 52.3 Å². The standard InChI is InChI=1S/C34H56O6/c1-19(2)20(3)7-8-21(4)25-11-12-26-24-10-9-22-17-23(13-15-33(22,5)27(24)14-16-34(25,26)6)39-32-31(38)30(37)29(36)28(18-35)40-32/h7-8,10,19-23,25-32,35-38H,9,11-18H2,1-6H3/b8-7+/t20-,21+,22-,23-,25+,26-,27-,28+,29+,30-,31+,32+,33-,34+/m0/s1. The maximum atomic E-state index is 10.5. The fourth-order valence-corrected chi connectivity index (χ4v) is 9.58. The average molecular weight is 561 g/mol. The van der Waals surface area contributed by atoms with Gasteiger partial charge in [0.2, 0.25) is 0 Å². The lowest BCUT2D eigenvalue weighted by Crippen LogP contribution is -2.60. The van der Waals surface area contributed by atoms with Gasteiger partial charge >= 0.3 is 0 Å². The molecule has 1 aliphatic heterocycles. The number of aliphatic hydroxyl groups is 4. The zero-order chi connectivity index (χ0) is 29.0. The van der Waals surface area contributed by atoms with Crippen LogP contribution < -0.4 is 0 Å². The summed E-state index contributed by atoms with van der Waals surface area (Å²) in [5, 5.41) is 40.3. The normalized spacial score (nSPS) is 48.8. The van der Waals surface area contributed by atoms with Crippen molar-refractivity contribution in [2.45, 2.75) is 130 Å². The minimum Gasteiger partial charge on any atom is -0.394 e. The van der Waals surface area contributed by atoms with Crippen LogP contribution in [0.2, 0.25) is 0 Å². The highest BCUT2D eigenvalue weighted by molar-refractivity contribution is 5.28. The van der Waals surface area contributed by atoms with Crippen molar-refractivity contribution in [3.63, 3.8) is 0 Å². The van der Waals surface area contributed by atoms with E-state index in [0.717, 1.165) is 31.6 Å². The lowest BCUT2D eigenvalue weighted by atomic mass is 9.47. The minimum atomic E-state index is -1.39. The molecule has 14 atom stereocenters. The molecule has 1 heterocycles. The molecule has 5 rings (SSSR count). The van der Waals surface area contributed by atoms with Crippen LogP contribution in [0.15, 0.2) is 23.8 Å². The van der Waals surface area contributed by atoms with Crippen LogP contribution in [-0.2, 0) is 9.47 Å². The molecule has 3 saturated carbocycles. The molecule has 4 aliphatic carbocycles. The summed E-state index contributed by atoms with van der Waals surface area (Å²) in [4.78, 5) is 0. The van der Waals surface area contributed by atoms with Crippen molar-refractivity contribution in [1.29, 1.82) is 0 Å². The molecule has 6 nitrogen and oxygen atoms in total. The molecular formula is C34H56O6. The van der Waals surface area contributed by atoms with Gasteiger partial charge in [0.05, 0.1) is 12.7 Å². The molecule has 0 spiro atoms. The molecule has 0 amide bonds. The molecule has 228 valence electrons. The van der Waals surface area contributed by atoms with Crippen molar-refractivity contribution < 1.29 is 29.9 Å². The van der Waals surface area contributed by atoms with Crippen LogP contribution in [0.1, 0.15) is 92.9 Å². The summed E-state index contributed by atoms with van der Waals surface area (Å²) in [6, 6.07) is 0. The predicted octanol–water partition coefficient (Wildman–Crippen LogP) is 5.23. The largest absolute Gasteiger partial charge is 0.394 e. The molecule has 40 heavy (non-hydrogen) atoms. The molecule has 4 N–H and O–H groups in total. The highest BCUT2D eigenvalue weighted by Crippen LogP contribution is 2.67. The van der Waals surface area contributed by atoms with Crippen LogP contribution in [0.4, 0.5) is 0 Å². The van der Waals surface area contributed by atoms with Crippen LogP contribution in [0.3, 0.4) is 0 Å². The van der Waals surface area contributed by atoms with Crippen LogP contribution in [0.25, 0.3) is 0 Å². The van der Waals surface area contributed by atoms with E-state index < -0.39 is 37.3 Å². The van der Waals surface area contributed by atoms with E-state index in [-0.39, 0.29) is 11.5 Å². The smallest absolute Gasteiger partial charge is 0.186 e. The molecule has 0 radical (unpaired) electrons. The van der Waals surface area contributed by atoms with E-state index in [1.165, 1.54) is 25.7 Å². The van der Waals surface area contributed by atoms with Gasteiger partial charge in [0.25, 0.3) is 0 Å². The van der Waals surface area contributed by atoms with Gasteiger partial charge in [0.1, 0.15) is 24.4 Å². The fourth-order valence-electron chi connectivity index (χ4n) is 9.58. The molecule has 5 aliphatic rings. The second-order valence-electron chi connectivity index (χ2n) is 15.1. The van der Waals surface area contributed by atoms with E-state index in [9.17, 15) is 20.4 Å². The minimum absolute atomic E-state index is 0.0694. The van der Waals surface area contributed by atoms with E-state index in [0.29, 0.717) is 40.9 Å². The first-order chi connectivity index (χ1) is 18.9. The Morgan fingerprint density at radius 1 is 0.925 bits per heavy atom. The molecule has 6 heteroatoms. The summed E-state index contributed by atoms with van der Waals surface area (Å²) >= 11 is 0. The molecule has 1 saturated heterocycles. The first kappa shape index (κ1) is 30.7. The number of rotatable bonds is 7. The van der Waals surface area contributed by atoms with Crippen LogP contribution >= 0.6 is 0 Å². The van der Waals surface area contributed by atoms with E-state index in [4.69, 9.17) is 9.47 Å².